The van der Waals surface area contributed by atoms with E-state index in [1.54, 1.807) is 6.20 Å². The minimum absolute atomic E-state index is 0.251. The van der Waals surface area contributed by atoms with Crippen molar-refractivity contribution in [1.29, 1.82) is 0 Å². The van der Waals surface area contributed by atoms with Crippen molar-refractivity contribution in [2.24, 2.45) is 0 Å². The van der Waals surface area contributed by atoms with Crippen LogP contribution in [-0.4, -0.2) is 40.9 Å². The molecule has 1 aliphatic rings. The molecule has 7 nitrogen and oxygen atoms in total. The minimum atomic E-state index is -0.251. The lowest BCUT2D eigenvalue weighted by atomic mass is 9.88. The normalized spacial score (nSPS) is 14.4. The summed E-state index contributed by atoms with van der Waals surface area (Å²) >= 11 is 0. The van der Waals surface area contributed by atoms with E-state index in [2.05, 4.69) is 69.6 Å². The Hall–Kier alpha value is -3.71. The SMILES string of the molecule is C=CC(=O)Nc1cccc(Nc2nc(Nc3ccc(C4CCN(C)CC4)cc3C)ncc2C)c1. The molecular weight excluding hydrogens is 424 g/mol. The fraction of sp³-hybridized carbons (Fsp3) is 0.296. The molecule has 3 N–H and O–H groups in total. The van der Waals surface area contributed by atoms with Crippen molar-refractivity contribution < 1.29 is 4.79 Å². The van der Waals surface area contributed by atoms with Gasteiger partial charge in [-0.25, -0.2) is 4.98 Å². The van der Waals surface area contributed by atoms with Gasteiger partial charge >= 0.3 is 0 Å². The van der Waals surface area contributed by atoms with E-state index in [-0.39, 0.29) is 5.91 Å². The number of hydrogen-bond acceptors (Lipinski definition) is 6. The second-order valence-electron chi connectivity index (χ2n) is 8.90. The van der Waals surface area contributed by atoms with Crippen LogP contribution in [0.25, 0.3) is 0 Å². The van der Waals surface area contributed by atoms with Crippen molar-refractivity contribution in [2.75, 3.05) is 36.1 Å². The van der Waals surface area contributed by atoms with E-state index in [0.717, 1.165) is 30.0 Å². The van der Waals surface area contributed by atoms with Crippen molar-refractivity contribution in [3.8, 4) is 0 Å². The summed E-state index contributed by atoms with van der Waals surface area (Å²) in [5, 5.41) is 9.47. The molecule has 1 aliphatic heterocycles. The van der Waals surface area contributed by atoms with Crippen LogP contribution in [0.1, 0.15) is 35.4 Å². The van der Waals surface area contributed by atoms with Crippen LogP contribution in [0.2, 0.25) is 0 Å². The molecule has 1 saturated heterocycles. The smallest absolute Gasteiger partial charge is 0.247 e. The molecule has 0 spiro atoms. The summed E-state index contributed by atoms with van der Waals surface area (Å²) in [6.07, 6.45) is 5.45. The van der Waals surface area contributed by atoms with Crippen molar-refractivity contribution in [1.82, 2.24) is 14.9 Å². The van der Waals surface area contributed by atoms with Crippen molar-refractivity contribution in [3.05, 3.63) is 78.0 Å². The van der Waals surface area contributed by atoms with Gasteiger partial charge in [-0.3, -0.25) is 4.79 Å². The number of amides is 1. The molecule has 0 saturated carbocycles. The van der Waals surface area contributed by atoms with Gasteiger partial charge in [0.05, 0.1) is 0 Å². The highest BCUT2D eigenvalue weighted by Gasteiger charge is 2.19. The molecular formula is C27H32N6O. The number of hydrogen-bond donors (Lipinski definition) is 3. The van der Waals surface area contributed by atoms with Crippen LogP contribution in [-0.2, 0) is 4.79 Å². The number of aromatic nitrogens is 2. The van der Waals surface area contributed by atoms with Crippen molar-refractivity contribution >= 4 is 34.7 Å². The molecule has 34 heavy (non-hydrogen) atoms. The quantitative estimate of drug-likeness (QED) is 0.407. The Bertz CT molecular complexity index is 1180. The van der Waals surface area contributed by atoms with Gasteiger partial charge in [0, 0.05) is 28.8 Å². The fourth-order valence-corrected chi connectivity index (χ4v) is 4.18. The van der Waals surface area contributed by atoms with Crippen LogP contribution in [0.5, 0.6) is 0 Å². The third kappa shape index (κ3) is 5.80. The molecule has 1 amide bonds. The Morgan fingerprint density at radius 3 is 2.56 bits per heavy atom. The van der Waals surface area contributed by atoms with Gasteiger partial charge in [-0.05, 0) is 94.2 Å². The molecule has 1 aromatic heterocycles. The fourth-order valence-electron chi connectivity index (χ4n) is 4.18. The van der Waals surface area contributed by atoms with Gasteiger partial charge in [-0.15, -0.1) is 0 Å². The molecule has 0 bridgehead atoms. The third-order valence-corrected chi connectivity index (χ3v) is 6.24. The lowest BCUT2D eigenvalue weighted by Gasteiger charge is -2.29. The first kappa shape index (κ1) is 23.4. The molecule has 0 radical (unpaired) electrons. The first-order chi connectivity index (χ1) is 16.4. The zero-order valence-corrected chi connectivity index (χ0v) is 20.1. The van der Waals surface area contributed by atoms with E-state index in [4.69, 9.17) is 0 Å². The predicted molar refractivity (Wildman–Crippen MR) is 139 cm³/mol. The highest BCUT2D eigenvalue weighted by atomic mass is 16.1. The monoisotopic (exact) mass is 456 g/mol. The molecule has 0 atom stereocenters. The number of anilines is 5. The largest absolute Gasteiger partial charge is 0.340 e. The maximum absolute atomic E-state index is 11.6. The van der Waals surface area contributed by atoms with Gasteiger partial charge in [0.1, 0.15) is 5.82 Å². The topological polar surface area (TPSA) is 82.2 Å². The number of rotatable bonds is 7. The number of carbonyl (C=O) groups excluding carboxylic acids is 1. The maximum Gasteiger partial charge on any atom is 0.247 e. The van der Waals surface area contributed by atoms with Gasteiger partial charge in [0.15, 0.2) is 0 Å². The standard InChI is InChI=1S/C27H32N6O/c1-5-25(34)29-22-7-6-8-23(16-22)30-26-19(3)17-28-27(32-26)31-24-10-9-21(15-18(24)2)20-11-13-33(4)14-12-20/h5-10,15-17,20H,1,11-14H2,2-4H3,(H,29,34)(H2,28,30,31,32). The van der Waals surface area contributed by atoms with Crippen LogP contribution in [0.15, 0.2) is 61.3 Å². The van der Waals surface area contributed by atoms with Crippen LogP contribution >= 0.6 is 0 Å². The van der Waals surface area contributed by atoms with Crippen LogP contribution in [0.4, 0.5) is 28.8 Å². The number of piperidine rings is 1. The molecule has 3 aromatic rings. The van der Waals surface area contributed by atoms with Gasteiger partial charge in [0.2, 0.25) is 11.9 Å². The van der Waals surface area contributed by atoms with Crippen LogP contribution in [0, 0.1) is 13.8 Å². The third-order valence-electron chi connectivity index (χ3n) is 6.24. The zero-order valence-electron chi connectivity index (χ0n) is 20.1. The number of nitrogens with zero attached hydrogens (tertiary/aromatic N) is 3. The van der Waals surface area contributed by atoms with E-state index in [1.165, 1.54) is 30.0 Å². The molecule has 7 heteroatoms. The Labute approximate surface area is 201 Å². The number of carbonyl (C=O) groups is 1. The average Bonchev–Trinajstić information content (AvgIpc) is 2.83. The summed E-state index contributed by atoms with van der Waals surface area (Å²) in [6, 6.07) is 14.1. The number of likely N-dealkylation sites (tertiary alicyclic amines) is 1. The minimum Gasteiger partial charge on any atom is -0.340 e. The first-order valence-corrected chi connectivity index (χ1v) is 11.6. The van der Waals surface area contributed by atoms with E-state index in [0.29, 0.717) is 23.4 Å². The lowest BCUT2D eigenvalue weighted by molar-refractivity contribution is -0.111. The van der Waals surface area contributed by atoms with E-state index in [1.807, 2.05) is 31.2 Å². The molecule has 176 valence electrons. The van der Waals surface area contributed by atoms with E-state index < -0.39 is 0 Å². The Kier molecular flexibility index (Phi) is 7.23. The van der Waals surface area contributed by atoms with E-state index >= 15 is 0 Å². The molecule has 4 rings (SSSR count). The summed E-state index contributed by atoms with van der Waals surface area (Å²) in [5.41, 5.74) is 6.00. The molecule has 1 fully saturated rings. The van der Waals surface area contributed by atoms with Crippen LogP contribution < -0.4 is 16.0 Å². The summed E-state index contributed by atoms with van der Waals surface area (Å²) < 4.78 is 0. The zero-order chi connectivity index (χ0) is 24.1. The first-order valence-electron chi connectivity index (χ1n) is 11.6. The molecule has 2 aromatic carbocycles. The van der Waals surface area contributed by atoms with Gasteiger partial charge in [-0.2, -0.15) is 4.98 Å². The predicted octanol–water partition coefficient (Wildman–Crippen LogP) is 5.51. The second-order valence-corrected chi connectivity index (χ2v) is 8.90. The summed E-state index contributed by atoms with van der Waals surface area (Å²) in [4.78, 5) is 23.1. The van der Waals surface area contributed by atoms with Gasteiger partial charge < -0.3 is 20.9 Å². The van der Waals surface area contributed by atoms with Gasteiger partial charge in [-0.1, -0.05) is 24.8 Å². The number of aryl methyl sites for hydroxylation is 2. The Balaban J connectivity index is 1.48. The average molecular weight is 457 g/mol. The summed E-state index contributed by atoms with van der Waals surface area (Å²) in [7, 11) is 2.19. The lowest BCUT2D eigenvalue weighted by Crippen LogP contribution is -2.29. The highest BCUT2D eigenvalue weighted by molar-refractivity contribution is 5.99. The highest BCUT2D eigenvalue weighted by Crippen LogP contribution is 2.31. The molecule has 0 aliphatic carbocycles. The van der Waals surface area contributed by atoms with E-state index in [9.17, 15) is 4.79 Å². The van der Waals surface area contributed by atoms with Crippen molar-refractivity contribution in [3.63, 3.8) is 0 Å². The molecule has 0 unspecified atom stereocenters. The van der Waals surface area contributed by atoms with Gasteiger partial charge in [0.25, 0.3) is 0 Å². The summed E-state index contributed by atoms with van der Waals surface area (Å²) in [6.45, 7) is 9.87. The Morgan fingerprint density at radius 2 is 1.82 bits per heavy atom. The number of benzene rings is 2. The number of nitrogens with one attached hydrogen (secondary N) is 3. The van der Waals surface area contributed by atoms with Crippen molar-refractivity contribution in [2.45, 2.75) is 32.6 Å². The van der Waals surface area contributed by atoms with Crippen LogP contribution in [0.3, 0.4) is 0 Å². The Morgan fingerprint density at radius 1 is 1.06 bits per heavy atom. The maximum atomic E-state index is 11.6. The molecule has 2 heterocycles. The summed E-state index contributed by atoms with van der Waals surface area (Å²) in [5.74, 6) is 1.60. The second kappa shape index (κ2) is 10.5.